The summed E-state index contributed by atoms with van der Waals surface area (Å²) in [6.07, 6.45) is 4.49. The number of unbranched alkanes of at least 4 members (excludes halogenated alkanes) is 3. The van der Waals surface area contributed by atoms with Crippen LogP contribution in [0.1, 0.15) is 38.5 Å². The van der Waals surface area contributed by atoms with Gasteiger partial charge < -0.3 is 10.6 Å². The minimum Gasteiger partial charge on any atom is -0.326 e. The number of hydrogen-bond acceptors (Lipinski definition) is 2. The van der Waals surface area contributed by atoms with Crippen molar-refractivity contribution in [3.63, 3.8) is 0 Å². The maximum Gasteiger partial charge on any atom is 0.224 e. The molecule has 4 aromatic carbocycles. The molecule has 2 N–H and O–H groups in total. The molecule has 4 aromatic rings. The molecule has 0 aliphatic carbocycles. The maximum absolute atomic E-state index is 12.3. The van der Waals surface area contributed by atoms with E-state index in [2.05, 4.69) is 10.6 Å². The van der Waals surface area contributed by atoms with Gasteiger partial charge in [-0.25, -0.2) is 0 Å². The van der Waals surface area contributed by atoms with Crippen molar-refractivity contribution < 1.29 is 9.59 Å². The molecule has 0 aliphatic heterocycles. The molecule has 2 amide bonds. The third-order valence-electron chi connectivity index (χ3n) is 5.69. The van der Waals surface area contributed by atoms with E-state index < -0.39 is 0 Å². The minimum absolute atomic E-state index is 0.0371. The Hall–Kier alpha value is -3.66. The van der Waals surface area contributed by atoms with Crippen LogP contribution in [0.2, 0.25) is 0 Å². The van der Waals surface area contributed by atoms with Crippen molar-refractivity contribution >= 4 is 44.7 Å². The molecule has 162 valence electrons. The SMILES string of the molecule is O=C(CCCCCCC(=O)Nc1cccc2ccccc12)Nc1cccc2ccccc12. The van der Waals surface area contributed by atoms with E-state index in [-0.39, 0.29) is 11.8 Å². The number of nitrogens with one attached hydrogen (secondary N) is 2. The monoisotopic (exact) mass is 424 g/mol. The van der Waals surface area contributed by atoms with Gasteiger partial charge in [0.15, 0.2) is 0 Å². The molecule has 0 heterocycles. The highest BCUT2D eigenvalue weighted by Crippen LogP contribution is 2.24. The number of rotatable bonds is 9. The van der Waals surface area contributed by atoms with Crippen LogP contribution in [0.15, 0.2) is 84.9 Å². The lowest BCUT2D eigenvalue weighted by Gasteiger charge is -2.09. The molecule has 0 saturated heterocycles. The summed E-state index contributed by atoms with van der Waals surface area (Å²) in [5.74, 6) is 0.0742. The van der Waals surface area contributed by atoms with Crippen molar-refractivity contribution in [2.75, 3.05) is 10.6 Å². The third-order valence-corrected chi connectivity index (χ3v) is 5.69. The third kappa shape index (κ3) is 5.52. The fourth-order valence-electron chi connectivity index (χ4n) is 4.02. The molecule has 0 aromatic heterocycles. The van der Waals surface area contributed by atoms with Gasteiger partial charge in [0.25, 0.3) is 0 Å². The molecule has 0 radical (unpaired) electrons. The van der Waals surface area contributed by atoms with Crippen molar-refractivity contribution in [2.24, 2.45) is 0 Å². The number of carbonyl (C=O) groups is 2. The van der Waals surface area contributed by atoms with E-state index in [1.54, 1.807) is 0 Å². The Bertz CT molecular complexity index is 1120. The molecule has 0 saturated carbocycles. The summed E-state index contributed by atoms with van der Waals surface area (Å²) in [5, 5.41) is 10.4. The standard InChI is InChI=1S/C28H28N2O2/c31-27(29-25-17-9-13-21-11-5-7-15-23(21)25)19-3-1-2-4-20-28(32)30-26-18-10-14-22-12-6-8-16-24(22)26/h5-18H,1-4,19-20H2,(H,29,31)(H,30,32). The molecule has 4 heteroatoms. The Morgan fingerprint density at radius 3 is 1.38 bits per heavy atom. The van der Waals surface area contributed by atoms with Gasteiger partial charge in [-0.3, -0.25) is 9.59 Å². The molecule has 0 bridgehead atoms. The molecule has 0 aliphatic rings. The second-order valence-electron chi connectivity index (χ2n) is 8.06. The summed E-state index contributed by atoms with van der Waals surface area (Å²) in [6, 6.07) is 28.0. The Morgan fingerprint density at radius 1 is 0.500 bits per heavy atom. The van der Waals surface area contributed by atoms with Gasteiger partial charge in [0, 0.05) is 35.0 Å². The first-order valence-corrected chi connectivity index (χ1v) is 11.3. The van der Waals surface area contributed by atoms with Crippen LogP contribution in [-0.4, -0.2) is 11.8 Å². The molecular weight excluding hydrogens is 396 g/mol. The highest BCUT2D eigenvalue weighted by molar-refractivity contribution is 6.03. The van der Waals surface area contributed by atoms with Crippen molar-refractivity contribution in [1.29, 1.82) is 0 Å². The van der Waals surface area contributed by atoms with Gasteiger partial charge in [-0.2, -0.15) is 0 Å². The quantitative estimate of drug-likeness (QED) is 0.287. The summed E-state index contributed by atoms with van der Waals surface area (Å²) in [5.41, 5.74) is 1.72. The van der Waals surface area contributed by atoms with Crippen molar-refractivity contribution in [2.45, 2.75) is 38.5 Å². The average Bonchev–Trinajstić information content (AvgIpc) is 2.82. The number of anilines is 2. The Labute approximate surface area is 188 Å². The molecule has 0 atom stereocenters. The number of benzene rings is 4. The Morgan fingerprint density at radius 2 is 0.906 bits per heavy atom. The summed E-state index contributed by atoms with van der Waals surface area (Å²) in [4.78, 5) is 24.7. The molecule has 0 spiro atoms. The van der Waals surface area contributed by atoms with E-state index in [0.29, 0.717) is 12.8 Å². The molecule has 4 rings (SSSR count). The Kier molecular flexibility index (Phi) is 7.13. The molecule has 32 heavy (non-hydrogen) atoms. The zero-order chi connectivity index (χ0) is 22.2. The number of carbonyl (C=O) groups excluding carboxylic acids is 2. The van der Waals surface area contributed by atoms with E-state index >= 15 is 0 Å². The van der Waals surface area contributed by atoms with Crippen molar-refractivity contribution in [3.05, 3.63) is 84.9 Å². The van der Waals surface area contributed by atoms with Crippen molar-refractivity contribution in [3.8, 4) is 0 Å². The maximum atomic E-state index is 12.3. The largest absolute Gasteiger partial charge is 0.326 e. The summed E-state index contributed by atoms with van der Waals surface area (Å²) >= 11 is 0. The van der Waals surface area contributed by atoms with Gasteiger partial charge in [-0.15, -0.1) is 0 Å². The molecule has 4 nitrogen and oxygen atoms in total. The highest BCUT2D eigenvalue weighted by atomic mass is 16.2. The van der Waals surface area contributed by atoms with Crippen molar-refractivity contribution in [1.82, 2.24) is 0 Å². The number of fused-ring (bicyclic) bond motifs is 2. The first-order chi connectivity index (χ1) is 15.7. The zero-order valence-corrected chi connectivity index (χ0v) is 18.1. The van der Waals surface area contributed by atoms with E-state index in [0.717, 1.165) is 58.6 Å². The van der Waals surface area contributed by atoms with Crippen LogP contribution in [-0.2, 0) is 9.59 Å². The average molecular weight is 425 g/mol. The lowest BCUT2D eigenvalue weighted by molar-refractivity contribution is -0.117. The molecular formula is C28H28N2O2. The van der Waals surface area contributed by atoms with Gasteiger partial charge >= 0.3 is 0 Å². The number of hydrogen-bond donors (Lipinski definition) is 2. The van der Waals surface area contributed by atoms with Gasteiger partial charge in [-0.1, -0.05) is 85.6 Å². The normalized spacial score (nSPS) is 10.9. The summed E-state index contributed by atoms with van der Waals surface area (Å²) in [6.45, 7) is 0. The van der Waals surface area contributed by atoms with Gasteiger partial charge in [0.2, 0.25) is 11.8 Å². The lowest BCUT2D eigenvalue weighted by atomic mass is 10.1. The van der Waals surface area contributed by atoms with E-state index in [1.165, 1.54) is 0 Å². The zero-order valence-electron chi connectivity index (χ0n) is 18.1. The first-order valence-electron chi connectivity index (χ1n) is 11.3. The summed E-state index contributed by atoms with van der Waals surface area (Å²) < 4.78 is 0. The fourth-order valence-corrected chi connectivity index (χ4v) is 4.02. The molecule has 0 fully saturated rings. The van der Waals surface area contributed by atoms with Gasteiger partial charge in [-0.05, 0) is 35.7 Å². The van der Waals surface area contributed by atoms with E-state index in [1.807, 2.05) is 84.9 Å². The predicted octanol–water partition coefficient (Wildman–Crippen LogP) is 6.91. The van der Waals surface area contributed by atoms with Gasteiger partial charge in [0.1, 0.15) is 0 Å². The second-order valence-corrected chi connectivity index (χ2v) is 8.06. The first kappa shape index (κ1) is 21.6. The van der Waals surface area contributed by atoms with Crippen LogP contribution >= 0.6 is 0 Å². The topological polar surface area (TPSA) is 58.2 Å². The fraction of sp³-hybridized carbons (Fsp3) is 0.214. The predicted molar refractivity (Wildman–Crippen MR) is 133 cm³/mol. The van der Waals surface area contributed by atoms with Crippen LogP contribution in [0.3, 0.4) is 0 Å². The molecule has 0 unspecified atom stereocenters. The van der Waals surface area contributed by atoms with Crippen LogP contribution in [0.4, 0.5) is 11.4 Å². The lowest BCUT2D eigenvalue weighted by Crippen LogP contribution is -2.12. The van der Waals surface area contributed by atoms with Crippen LogP contribution in [0.5, 0.6) is 0 Å². The van der Waals surface area contributed by atoms with Crippen LogP contribution in [0, 0.1) is 0 Å². The van der Waals surface area contributed by atoms with Crippen LogP contribution in [0.25, 0.3) is 21.5 Å². The minimum atomic E-state index is 0.0371. The van der Waals surface area contributed by atoms with Crippen LogP contribution < -0.4 is 10.6 Å². The smallest absolute Gasteiger partial charge is 0.224 e. The second kappa shape index (κ2) is 10.6. The Balaban J connectivity index is 1.16. The summed E-state index contributed by atoms with van der Waals surface area (Å²) in [7, 11) is 0. The van der Waals surface area contributed by atoms with Gasteiger partial charge in [0.05, 0.1) is 0 Å². The van der Waals surface area contributed by atoms with E-state index in [4.69, 9.17) is 0 Å². The number of amides is 2. The highest BCUT2D eigenvalue weighted by Gasteiger charge is 2.07. The van der Waals surface area contributed by atoms with E-state index in [9.17, 15) is 9.59 Å².